The minimum absolute atomic E-state index is 0.0678. The van der Waals surface area contributed by atoms with Crippen LogP contribution in [0.3, 0.4) is 0 Å². The highest BCUT2D eigenvalue weighted by Crippen LogP contribution is 2.21. The zero-order valence-electron chi connectivity index (χ0n) is 16.5. The van der Waals surface area contributed by atoms with E-state index in [9.17, 15) is 4.79 Å². The van der Waals surface area contributed by atoms with Crippen molar-refractivity contribution in [1.82, 2.24) is 20.0 Å². The number of aryl methyl sites for hydroxylation is 1. The van der Waals surface area contributed by atoms with Crippen molar-refractivity contribution in [2.75, 3.05) is 13.1 Å². The van der Waals surface area contributed by atoms with Gasteiger partial charge in [-0.3, -0.25) is 14.4 Å². The fraction of sp³-hybridized carbons (Fsp3) is 0.304. The van der Waals surface area contributed by atoms with Crippen LogP contribution in [0.1, 0.15) is 28.9 Å². The number of nitrogens with zero attached hydrogens (tertiary/aromatic N) is 3. The molecular weight excluding hydrogens is 384 g/mol. The SMILES string of the molecule is Cn1nc(-c2ccc(Cl)cc2)cc1C(=O)NC1CCN(Cc2ccccc2)CC1. The molecule has 2 heterocycles. The van der Waals surface area contributed by atoms with Gasteiger partial charge in [-0.1, -0.05) is 54.1 Å². The van der Waals surface area contributed by atoms with Crippen molar-refractivity contribution >= 4 is 17.5 Å². The number of nitrogens with one attached hydrogen (secondary N) is 1. The Morgan fingerprint density at radius 3 is 2.48 bits per heavy atom. The highest BCUT2D eigenvalue weighted by Gasteiger charge is 2.23. The predicted molar refractivity (Wildman–Crippen MR) is 116 cm³/mol. The van der Waals surface area contributed by atoms with Crippen LogP contribution in [-0.2, 0) is 13.6 Å². The number of amides is 1. The smallest absolute Gasteiger partial charge is 0.269 e. The summed E-state index contributed by atoms with van der Waals surface area (Å²) in [5.41, 5.74) is 3.62. The summed E-state index contributed by atoms with van der Waals surface area (Å²) in [7, 11) is 1.80. The molecule has 3 aromatic rings. The van der Waals surface area contributed by atoms with Gasteiger partial charge in [-0.2, -0.15) is 5.10 Å². The van der Waals surface area contributed by atoms with Gasteiger partial charge in [0.15, 0.2) is 0 Å². The maximum absolute atomic E-state index is 12.8. The molecule has 0 spiro atoms. The lowest BCUT2D eigenvalue weighted by molar-refractivity contribution is 0.0899. The van der Waals surface area contributed by atoms with Crippen LogP contribution >= 0.6 is 11.6 Å². The third-order valence-corrected chi connectivity index (χ3v) is 5.68. The Bertz CT molecular complexity index is 960. The second-order valence-corrected chi connectivity index (χ2v) is 7.99. The van der Waals surface area contributed by atoms with Gasteiger partial charge in [-0.05, 0) is 36.6 Å². The van der Waals surface area contributed by atoms with Crippen molar-refractivity contribution in [2.45, 2.75) is 25.4 Å². The molecule has 1 saturated heterocycles. The number of hydrogen-bond donors (Lipinski definition) is 1. The average Bonchev–Trinajstić information content (AvgIpc) is 3.12. The summed E-state index contributed by atoms with van der Waals surface area (Å²) >= 11 is 5.96. The second kappa shape index (κ2) is 8.80. The van der Waals surface area contributed by atoms with E-state index >= 15 is 0 Å². The molecule has 1 amide bonds. The summed E-state index contributed by atoms with van der Waals surface area (Å²) in [6.07, 6.45) is 1.92. The molecule has 1 N–H and O–H groups in total. The van der Waals surface area contributed by atoms with Crippen LogP contribution in [0.4, 0.5) is 0 Å². The van der Waals surface area contributed by atoms with Gasteiger partial charge in [0.25, 0.3) is 5.91 Å². The number of rotatable bonds is 5. The van der Waals surface area contributed by atoms with E-state index in [4.69, 9.17) is 11.6 Å². The van der Waals surface area contributed by atoms with Crippen molar-refractivity contribution in [3.05, 3.63) is 76.9 Å². The van der Waals surface area contributed by atoms with Crippen LogP contribution in [0.15, 0.2) is 60.7 Å². The quantitative estimate of drug-likeness (QED) is 0.690. The largest absolute Gasteiger partial charge is 0.348 e. The minimum atomic E-state index is -0.0678. The Kier molecular flexibility index (Phi) is 5.97. The van der Waals surface area contributed by atoms with Crippen LogP contribution in [-0.4, -0.2) is 39.7 Å². The Balaban J connectivity index is 1.34. The van der Waals surface area contributed by atoms with E-state index in [1.165, 1.54) is 5.56 Å². The molecule has 5 nitrogen and oxygen atoms in total. The Morgan fingerprint density at radius 1 is 1.10 bits per heavy atom. The number of carbonyl (C=O) groups is 1. The third kappa shape index (κ3) is 4.86. The van der Waals surface area contributed by atoms with Crippen molar-refractivity contribution < 1.29 is 4.79 Å². The molecule has 4 rings (SSSR count). The average molecular weight is 409 g/mol. The maximum Gasteiger partial charge on any atom is 0.269 e. The van der Waals surface area contributed by atoms with E-state index in [0.29, 0.717) is 10.7 Å². The molecule has 0 bridgehead atoms. The van der Waals surface area contributed by atoms with E-state index in [2.05, 4.69) is 39.6 Å². The summed E-state index contributed by atoms with van der Waals surface area (Å²) in [4.78, 5) is 15.2. The number of carbonyl (C=O) groups excluding carboxylic acids is 1. The molecule has 6 heteroatoms. The summed E-state index contributed by atoms with van der Waals surface area (Å²) < 4.78 is 1.64. The predicted octanol–water partition coefficient (Wildman–Crippen LogP) is 4.13. The second-order valence-electron chi connectivity index (χ2n) is 7.55. The van der Waals surface area contributed by atoms with E-state index in [-0.39, 0.29) is 11.9 Å². The zero-order chi connectivity index (χ0) is 20.2. The van der Waals surface area contributed by atoms with Gasteiger partial charge in [-0.25, -0.2) is 0 Å². The molecule has 150 valence electrons. The van der Waals surface area contributed by atoms with E-state index in [0.717, 1.165) is 43.7 Å². The van der Waals surface area contributed by atoms with Crippen molar-refractivity contribution in [3.8, 4) is 11.3 Å². The zero-order valence-corrected chi connectivity index (χ0v) is 17.3. The van der Waals surface area contributed by atoms with Gasteiger partial charge in [0, 0.05) is 43.3 Å². The molecule has 1 fully saturated rings. The van der Waals surface area contributed by atoms with Crippen LogP contribution in [0.2, 0.25) is 5.02 Å². The topological polar surface area (TPSA) is 50.2 Å². The third-order valence-electron chi connectivity index (χ3n) is 5.42. The standard InChI is InChI=1S/C23H25ClN4O/c1-27-22(15-21(26-27)18-7-9-19(24)10-8-18)23(29)25-20-11-13-28(14-12-20)16-17-5-3-2-4-6-17/h2-10,15,20H,11-14,16H2,1H3,(H,25,29). The molecule has 29 heavy (non-hydrogen) atoms. The molecule has 2 aromatic carbocycles. The Hall–Kier alpha value is -2.63. The summed E-state index contributed by atoms with van der Waals surface area (Å²) in [5.74, 6) is -0.0678. The number of benzene rings is 2. The Labute approximate surface area is 176 Å². The van der Waals surface area contributed by atoms with Crippen LogP contribution < -0.4 is 5.32 Å². The first kappa shape index (κ1) is 19.7. The Morgan fingerprint density at radius 2 is 1.79 bits per heavy atom. The number of aromatic nitrogens is 2. The van der Waals surface area contributed by atoms with Gasteiger partial charge in [0.05, 0.1) is 5.69 Å². The first-order chi connectivity index (χ1) is 14.1. The summed E-state index contributed by atoms with van der Waals surface area (Å²) in [6, 6.07) is 20.0. The number of halogens is 1. The molecule has 1 aliphatic heterocycles. The maximum atomic E-state index is 12.8. The van der Waals surface area contributed by atoms with E-state index < -0.39 is 0 Å². The fourth-order valence-corrected chi connectivity index (χ4v) is 3.90. The van der Waals surface area contributed by atoms with Gasteiger partial charge in [0.2, 0.25) is 0 Å². The molecule has 0 atom stereocenters. The monoisotopic (exact) mass is 408 g/mol. The lowest BCUT2D eigenvalue weighted by atomic mass is 10.0. The summed E-state index contributed by atoms with van der Waals surface area (Å²) in [6.45, 7) is 2.94. The van der Waals surface area contributed by atoms with Gasteiger partial charge < -0.3 is 5.32 Å². The molecule has 0 unspecified atom stereocenters. The lowest BCUT2D eigenvalue weighted by Gasteiger charge is -2.32. The van der Waals surface area contributed by atoms with Crippen LogP contribution in [0, 0.1) is 0 Å². The highest BCUT2D eigenvalue weighted by atomic mass is 35.5. The normalized spacial score (nSPS) is 15.4. The van der Waals surface area contributed by atoms with E-state index in [1.807, 2.05) is 36.4 Å². The number of hydrogen-bond acceptors (Lipinski definition) is 3. The van der Waals surface area contributed by atoms with Crippen molar-refractivity contribution in [1.29, 1.82) is 0 Å². The number of likely N-dealkylation sites (tertiary alicyclic amines) is 1. The molecule has 0 saturated carbocycles. The van der Waals surface area contributed by atoms with Crippen LogP contribution in [0.5, 0.6) is 0 Å². The van der Waals surface area contributed by atoms with Gasteiger partial charge in [0.1, 0.15) is 5.69 Å². The molecule has 1 aliphatic rings. The first-order valence-electron chi connectivity index (χ1n) is 9.95. The molecule has 0 aliphatic carbocycles. The molecular formula is C23H25ClN4O. The van der Waals surface area contributed by atoms with Crippen molar-refractivity contribution in [3.63, 3.8) is 0 Å². The molecule has 1 aromatic heterocycles. The van der Waals surface area contributed by atoms with Gasteiger partial charge in [-0.15, -0.1) is 0 Å². The first-order valence-corrected chi connectivity index (χ1v) is 10.3. The summed E-state index contributed by atoms with van der Waals surface area (Å²) in [5, 5.41) is 8.36. The van der Waals surface area contributed by atoms with Crippen molar-refractivity contribution in [2.24, 2.45) is 7.05 Å². The molecule has 0 radical (unpaired) electrons. The van der Waals surface area contributed by atoms with Gasteiger partial charge >= 0.3 is 0 Å². The lowest BCUT2D eigenvalue weighted by Crippen LogP contribution is -2.44. The fourth-order valence-electron chi connectivity index (χ4n) is 3.78. The minimum Gasteiger partial charge on any atom is -0.348 e. The highest BCUT2D eigenvalue weighted by molar-refractivity contribution is 6.30. The van der Waals surface area contributed by atoms with E-state index in [1.54, 1.807) is 11.7 Å². The van der Waals surface area contributed by atoms with Crippen LogP contribution in [0.25, 0.3) is 11.3 Å². The number of piperidine rings is 1.